The van der Waals surface area contributed by atoms with Crippen molar-refractivity contribution in [2.75, 3.05) is 0 Å². The van der Waals surface area contributed by atoms with Gasteiger partial charge in [-0.2, -0.15) is 5.10 Å². The molecule has 1 heterocycles. The summed E-state index contributed by atoms with van der Waals surface area (Å²) in [5.74, 6) is 1.10. The molecule has 3 aromatic rings. The van der Waals surface area contributed by atoms with E-state index in [1.165, 1.54) is 0 Å². The van der Waals surface area contributed by atoms with Crippen LogP contribution in [0.2, 0.25) is 0 Å². The molecule has 0 aliphatic carbocycles. The Hall–Kier alpha value is -2.20. The lowest BCUT2D eigenvalue weighted by molar-refractivity contribution is 0.475. The topological polar surface area (TPSA) is 38.0 Å². The van der Waals surface area contributed by atoms with Crippen molar-refractivity contribution < 1.29 is 5.11 Å². The van der Waals surface area contributed by atoms with Gasteiger partial charge < -0.3 is 5.11 Å². The minimum atomic E-state index is 0.294. The third-order valence-corrected chi connectivity index (χ3v) is 3.93. The maximum absolute atomic E-state index is 9.25. The Labute approximate surface area is 121 Å². The van der Waals surface area contributed by atoms with Crippen LogP contribution in [-0.2, 0) is 5.75 Å². The summed E-state index contributed by atoms with van der Waals surface area (Å²) in [5, 5.41) is 13.8. The van der Waals surface area contributed by atoms with E-state index in [1.54, 1.807) is 23.9 Å². The van der Waals surface area contributed by atoms with Crippen LogP contribution < -0.4 is 0 Å². The van der Waals surface area contributed by atoms with E-state index in [0.29, 0.717) is 5.75 Å². The average Bonchev–Trinajstić information content (AvgIpc) is 2.97. The van der Waals surface area contributed by atoms with E-state index in [4.69, 9.17) is 0 Å². The molecule has 0 aliphatic rings. The Kier molecular flexibility index (Phi) is 3.74. The number of benzene rings is 2. The fourth-order valence-corrected chi connectivity index (χ4v) is 2.66. The first-order valence-electron chi connectivity index (χ1n) is 6.33. The summed E-state index contributed by atoms with van der Waals surface area (Å²) in [6.45, 7) is 0. The maximum atomic E-state index is 9.25. The molecule has 1 N–H and O–H groups in total. The molecular weight excluding hydrogens is 268 g/mol. The molecule has 0 unspecified atom stereocenters. The van der Waals surface area contributed by atoms with E-state index in [9.17, 15) is 5.11 Å². The Morgan fingerprint density at radius 3 is 2.45 bits per heavy atom. The summed E-state index contributed by atoms with van der Waals surface area (Å²) in [7, 11) is 0. The molecule has 0 spiro atoms. The van der Waals surface area contributed by atoms with Crippen LogP contribution >= 0.6 is 11.8 Å². The third-order valence-electron chi connectivity index (χ3n) is 2.89. The van der Waals surface area contributed by atoms with Gasteiger partial charge in [-0.05, 0) is 42.5 Å². The number of rotatable bonds is 4. The van der Waals surface area contributed by atoms with E-state index in [1.807, 2.05) is 59.4 Å². The minimum Gasteiger partial charge on any atom is -0.508 e. The number of para-hydroxylation sites is 1. The number of nitrogens with zero attached hydrogens (tertiary/aromatic N) is 2. The van der Waals surface area contributed by atoms with Crippen LogP contribution in [0.5, 0.6) is 5.75 Å². The highest BCUT2D eigenvalue weighted by Gasteiger charge is 2.02. The first kappa shape index (κ1) is 12.8. The number of aromatic nitrogens is 2. The van der Waals surface area contributed by atoms with E-state index in [2.05, 4.69) is 5.10 Å². The highest BCUT2D eigenvalue weighted by Crippen LogP contribution is 2.24. The summed E-state index contributed by atoms with van der Waals surface area (Å²) in [5.41, 5.74) is 2.10. The molecule has 0 bridgehead atoms. The molecule has 0 radical (unpaired) electrons. The zero-order valence-corrected chi connectivity index (χ0v) is 11.6. The van der Waals surface area contributed by atoms with Crippen molar-refractivity contribution in [2.24, 2.45) is 0 Å². The molecule has 0 fully saturated rings. The Bertz CT molecular complexity index is 677. The zero-order chi connectivity index (χ0) is 13.8. The first-order valence-corrected chi connectivity index (χ1v) is 7.32. The van der Waals surface area contributed by atoms with Crippen LogP contribution in [0.3, 0.4) is 0 Å². The van der Waals surface area contributed by atoms with Crippen molar-refractivity contribution in [3.8, 4) is 11.4 Å². The van der Waals surface area contributed by atoms with Gasteiger partial charge in [0.2, 0.25) is 0 Å². The summed E-state index contributed by atoms with van der Waals surface area (Å²) >= 11 is 1.70. The average molecular weight is 282 g/mol. The highest BCUT2D eigenvalue weighted by atomic mass is 32.2. The van der Waals surface area contributed by atoms with E-state index >= 15 is 0 Å². The van der Waals surface area contributed by atoms with Gasteiger partial charge in [0.05, 0.1) is 11.4 Å². The van der Waals surface area contributed by atoms with Crippen LogP contribution in [0.1, 0.15) is 5.69 Å². The van der Waals surface area contributed by atoms with Gasteiger partial charge in [0.25, 0.3) is 0 Å². The molecule has 4 heteroatoms. The standard InChI is InChI=1S/C16H14N2OS/c19-15-6-8-16(9-7-15)20-12-13-10-11-18(17-13)14-4-2-1-3-5-14/h1-11,19H,12H2. The summed E-state index contributed by atoms with van der Waals surface area (Å²) in [6, 6.07) is 19.3. The monoisotopic (exact) mass is 282 g/mol. The summed E-state index contributed by atoms with van der Waals surface area (Å²) in [6.07, 6.45) is 1.97. The number of phenolic OH excluding ortho intramolecular Hbond substituents is 1. The van der Waals surface area contributed by atoms with Gasteiger partial charge in [0.15, 0.2) is 0 Å². The molecule has 1 aromatic heterocycles. The molecule has 20 heavy (non-hydrogen) atoms. The fourth-order valence-electron chi connectivity index (χ4n) is 1.86. The molecule has 0 saturated carbocycles. The molecule has 0 aliphatic heterocycles. The zero-order valence-electron chi connectivity index (χ0n) is 10.8. The molecule has 3 rings (SSSR count). The SMILES string of the molecule is Oc1ccc(SCc2ccn(-c3ccccc3)n2)cc1. The molecule has 2 aromatic carbocycles. The normalized spacial score (nSPS) is 10.6. The highest BCUT2D eigenvalue weighted by molar-refractivity contribution is 7.98. The molecule has 3 nitrogen and oxygen atoms in total. The van der Waals surface area contributed by atoms with Gasteiger partial charge in [-0.25, -0.2) is 4.68 Å². The van der Waals surface area contributed by atoms with Crippen molar-refractivity contribution in [1.29, 1.82) is 0 Å². The third kappa shape index (κ3) is 3.03. The van der Waals surface area contributed by atoms with Crippen LogP contribution in [0.4, 0.5) is 0 Å². The molecule has 0 atom stereocenters. The number of thioether (sulfide) groups is 1. The Morgan fingerprint density at radius 1 is 0.950 bits per heavy atom. The molecule has 100 valence electrons. The lowest BCUT2D eigenvalue weighted by Gasteiger charge is -2.01. The van der Waals surface area contributed by atoms with Crippen LogP contribution in [-0.4, -0.2) is 14.9 Å². The summed E-state index contributed by atoms with van der Waals surface area (Å²) < 4.78 is 1.88. The van der Waals surface area contributed by atoms with Crippen molar-refractivity contribution >= 4 is 11.8 Å². The predicted octanol–water partition coefficient (Wildman–Crippen LogP) is 3.87. The lowest BCUT2D eigenvalue weighted by atomic mass is 10.3. The van der Waals surface area contributed by atoms with Gasteiger partial charge in [-0.3, -0.25) is 0 Å². The van der Waals surface area contributed by atoms with Crippen LogP contribution in [0.25, 0.3) is 5.69 Å². The number of phenols is 1. The van der Waals surface area contributed by atoms with Gasteiger partial charge in [-0.1, -0.05) is 18.2 Å². The second-order valence-electron chi connectivity index (χ2n) is 4.37. The fraction of sp³-hybridized carbons (Fsp3) is 0.0625. The van der Waals surface area contributed by atoms with E-state index < -0.39 is 0 Å². The van der Waals surface area contributed by atoms with Crippen LogP contribution in [0, 0.1) is 0 Å². The second-order valence-corrected chi connectivity index (χ2v) is 5.42. The largest absolute Gasteiger partial charge is 0.508 e. The van der Waals surface area contributed by atoms with Gasteiger partial charge in [-0.15, -0.1) is 11.8 Å². The van der Waals surface area contributed by atoms with Crippen molar-refractivity contribution in [3.05, 3.63) is 72.6 Å². The smallest absolute Gasteiger partial charge is 0.115 e. The van der Waals surface area contributed by atoms with Crippen molar-refractivity contribution in [2.45, 2.75) is 10.6 Å². The second kappa shape index (κ2) is 5.84. The van der Waals surface area contributed by atoms with Gasteiger partial charge in [0.1, 0.15) is 5.75 Å². The van der Waals surface area contributed by atoms with E-state index in [-0.39, 0.29) is 0 Å². The molecule has 0 saturated heterocycles. The minimum absolute atomic E-state index is 0.294. The Balaban J connectivity index is 1.67. The molecular formula is C16H14N2OS. The van der Waals surface area contributed by atoms with Crippen LogP contribution in [0.15, 0.2) is 71.8 Å². The quantitative estimate of drug-likeness (QED) is 0.738. The van der Waals surface area contributed by atoms with Gasteiger partial charge in [0, 0.05) is 16.8 Å². The van der Waals surface area contributed by atoms with Crippen molar-refractivity contribution in [1.82, 2.24) is 9.78 Å². The van der Waals surface area contributed by atoms with Crippen molar-refractivity contribution in [3.63, 3.8) is 0 Å². The number of hydrogen-bond acceptors (Lipinski definition) is 3. The molecule has 0 amide bonds. The van der Waals surface area contributed by atoms with E-state index in [0.717, 1.165) is 22.0 Å². The number of hydrogen-bond donors (Lipinski definition) is 1. The predicted molar refractivity (Wildman–Crippen MR) is 81.2 cm³/mol. The summed E-state index contributed by atoms with van der Waals surface area (Å²) in [4.78, 5) is 1.12. The first-order chi connectivity index (χ1) is 9.81. The lowest BCUT2D eigenvalue weighted by Crippen LogP contribution is -1.94. The Morgan fingerprint density at radius 2 is 1.70 bits per heavy atom. The maximum Gasteiger partial charge on any atom is 0.115 e. The van der Waals surface area contributed by atoms with Gasteiger partial charge >= 0.3 is 0 Å². The number of aromatic hydroxyl groups is 1.